The number of rotatable bonds is 2. The highest BCUT2D eigenvalue weighted by molar-refractivity contribution is 9.10. The minimum absolute atomic E-state index is 0.604. The number of hydrogen-bond acceptors (Lipinski definition) is 1. The molecule has 1 atom stereocenters. The van der Waals surface area contributed by atoms with Crippen molar-refractivity contribution in [1.29, 1.82) is 0 Å². The van der Waals surface area contributed by atoms with Crippen molar-refractivity contribution in [1.82, 2.24) is 5.32 Å². The molecule has 2 nitrogen and oxygen atoms in total. The lowest BCUT2D eigenvalue weighted by molar-refractivity contribution is -0.174. The maximum Gasteiger partial charge on any atom is 0.471 e. The lowest BCUT2D eigenvalue weighted by atomic mass is 10.1. The van der Waals surface area contributed by atoms with E-state index >= 15 is 0 Å². The van der Waals surface area contributed by atoms with Crippen LogP contribution in [0.4, 0.5) is 13.2 Å². The Hall–Kier alpha value is -1.04. The van der Waals surface area contributed by atoms with Gasteiger partial charge < -0.3 is 5.32 Å². The third-order valence-corrected chi connectivity index (χ3v) is 2.45. The molecule has 1 aromatic carbocycles. The minimum Gasteiger partial charge on any atom is -0.342 e. The van der Waals surface area contributed by atoms with Crippen LogP contribution in [0.5, 0.6) is 0 Å². The van der Waals surface area contributed by atoms with Crippen molar-refractivity contribution in [2.75, 3.05) is 0 Å². The van der Waals surface area contributed by atoms with Gasteiger partial charge in [0.25, 0.3) is 0 Å². The van der Waals surface area contributed by atoms with Gasteiger partial charge in [-0.05, 0) is 24.6 Å². The molecule has 1 N–H and O–H groups in total. The molecule has 0 heterocycles. The van der Waals surface area contributed by atoms with Crippen molar-refractivity contribution in [3.05, 3.63) is 34.3 Å². The van der Waals surface area contributed by atoms with E-state index in [9.17, 15) is 18.0 Å². The molecule has 0 fully saturated rings. The molecule has 1 aromatic rings. The van der Waals surface area contributed by atoms with Crippen LogP contribution in [0.1, 0.15) is 18.5 Å². The number of carbonyl (C=O) groups excluding carboxylic acids is 1. The first-order valence-corrected chi connectivity index (χ1v) is 5.23. The summed E-state index contributed by atoms with van der Waals surface area (Å²) < 4.78 is 36.7. The van der Waals surface area contributed by atoms with E-state index in [0.717, 1.165) is 4.47 Å². The molecule has 0 saturated heterocycles. The van der Waals surface area contributed by atoms with Gasteiger partial charge in [-0.1, -0.05) is 28.1 Å². The largest absolute Gasteiger partial charge is 0.471 e. The molecular weight excluding hydrogens is 287 g/mol. The highest BCUT2D eigenvalue weighted by atomic mass is 79.9. The van der Waals surface area contributed by atoms with Crippen LogP contribution in [-0.4, -0.2) is 12.1 Å². The van der Waals surface area contributed by atoms with Crippen LogP contribution in [0.25, 0.3) is 0 Å². The van der Waals surface area contributed by atoms with Crippen molar-refractivity contribution in [3.8, 4) is 0 Å². The Bertz CT molecular complexity index is 392. The summed E-state index contributed by atoms with van der Waals surface area (Å²) in [5, 5.41) is 1.88. The fraction of sp³-hybridized carbons (Fsp3) is 0.300. The smallest absolute Gasteiger partial charge is 0.342 e. The first-order valence-electron chi connectivity index (χ1n) is 4.44. The SMILES string of the molecule is C[C@@H](NC(=O)C(F)(F)F)c1cccc(Br)c1. The van der Waals surface area contributed by atoms with Crippen molar-refractivity contribution < 1.29 is 18.0 Å². The predicted molar refractivity (Wildman–Crippen MR) is 56.8 cm³/mol. The number of benzene rings is 1. The zero-order valence-electron chi connectivity index (χ0n) is 8.31. The van der Waals surface area contributed by atoms with E-state index in [1.54, 1.807) is 24.3 Å². The van der Waals surface area contributed by atoms with Crippen molar-refractivity contribution in [3.63, 3.8) is 0 Å². The fourth-order valence-corrected chi connectivity index (χ4v) is 1.55. The first-order chi connectivity index (χ1) is 7.30. The topological polar surface area (TPSA) is 29.1 Å². The Labute approximate surface area is 99.0 Å². The normalized spacial score (nSPS) is 13.3. The van der Waals surface area contributed by atoms with Gasteiger partial charge in [0.15, 0.2) is 0 Å². The summed E-state index contributed by atoms with van der Waals surface area (Å²) in [6.07, 6.45) is -4.85. The van der Waals surface area contributed by atoms with E-state index in [2.05, 4.69) is 15.9 Å². The lowest BCUT2D eigenvalue weighted by Gasteiger charge is -2.15. The Morgan fingerprint density at radius 3 is 2.56 bits per heavy atom. The number of hydrogen-bond donors (Lipinski definition) is 1. The lowest BCUT2D eigenvalue weighted by Crippen LogP contribution is -2.38. The van der Waals surface area contributed by atoms with Crippen LogP contribution in [0.3, 0.4) is 0 Å². The number of carbonyl (C=O) groups is 1. The van der Waals surface area contributed by atoms with Gasteiger partial charge in [-0.2, -0.15) is 13.2 Å². The molecule has 6 heteroatoms. The van der Waals surface area contributed by atoms with Crippen LogP contribution in [0, 0.1) is 0 Å². The van der Waals surface area contributed by atoms with Crippen LogP contribution >= 0.6 is 15.9 Å². The van der Waals surface area contributed by atoms with E-state index < -0.39 is 18.1 Å². The van der Waals surface area contributed by atoms with E-state index in [1.165, 1.54) is 6.92 Å². The molecule has 0 aliphatic carbocycles. The molecule has 0 spiro atoms. The van der Waals surface area contributed by atoms with Crippen LogP contribution in [-0.2, 0) is 4.79 Å². The Balaban J connectivity index is 2.73. The maximum atomic E-state index is 12.0. The van der Waals surface area contributed by atoms with Gasteiger partial charge in [0, 0.05) is 4.47 Å². The molecule has 16 heavy (non-hydrogen) atoms. The van der Waals surface area contributed by atoms with E-state index in [0.29, 0.717) is 5.56 Å². The molecule has 0 saturated carbocycles. The van der Waals surface area contributed by atoms with Crippen molar-refractivity contribution >= 4 is 21.8 Å². The fourth-order valence-electron chi connectivity index (χ4n) is 1.14. The van der Waals surface area contributed by atoms with Crippen LogP contribution in [0.2, 0.25) is 0 Å². The standard InChI is InChI=1S/C10H9BrF3NO/c1-6(15-9(16)10(12,13)14)7-3-2-4-8(11)5-7/h2-6H,1H3,(H,15,16)/t6-/m1/s1. The van der Waals surface area contributed by atoms with Gasteiger partial charge in [0.05, 0.1) is 6.04 Å². The van der Waals surface area contributed by atoms with Crippen LogP contribution in [0.15, 0.2) is 28.7 Å². The molecular formula is C10H9BrF3NO. The molecule has 1 rings (SSSR count). The Kier molecular flexibility index (Phi) is 3.96. The molecule has 0 aromatic heterocycles. The highest BCUT2D eigenvalue weighted by Crippen LogP contribution is 2.20. The second-order valence-corrected chi connectivity index (χ2v) is 4.16. The second-order valence-electron chi connectivity index (χ2n) is 3.25. The van der Waals surface area contributed by atoms with Gasteiger partial charge in [-0.15, -0.1) is 0 Å². The second kappa shape index (κ2) is 4.86. The van der Waals surface area contributed by atoms with Crippen molar-refractivity contribution in [2.24, 2.45) is 0 Å². The third kappa shape index (κ3) is 3.52. The van der Waals surface area contributed by atoms with E-state index in [4.69, 9.17) is 0 Å². The molecule has 0 bridgehead atoms. The van der Waals surface area contributed by atoms with Gasteiger partial charge in [-0.3, -0.25) is 4.79 Å². The zero-order chi connectivity index (χ0) is 12.3. The minimum atomic E-state index is -4.85. The van der Waals surface area contributed by atoms with Crippen LogP contribution < -0.4 is 5.32 Å². The average Bonchev–Trinajstić information content (AvgIpc) is 2.16. The monoisotopic (exact) mass is 295 g/mol. The molecule has 0 aliphatic rings. The highest BCUT2D eigenvalue weighted by Gasteiger charge is 2.39. The van der Waals surface area contributed by atoms with Gasteiger partial charge in [-0.25, -0.2) is 0 Å². The molecule has 0 unspecified atom stereocenters. The van der Waals surface area contributed by atoms with Gasteiger partial charge in [0.1, 0.15) is 0 Å². The van der Waals surface area contributed by atoms with Gasteiger partial charge >= 0.3 is 12.1 Å². The average molecular weight is 296 g/mol. The van der Waals surface area contributed by atoms with Gasteiger partial charge in [0.2, 0.25) is 0 Å². The maximum absolute atomic E-state index is 12.0. The summed E-state index contributed by atoms with van der Waals surface area (Å²) in [6.45, 7) is 1.49. The summed E-state index contributed by atoms with van der Waals surface area (Å²) >= 11 is 3.20. The quantitative estimate of drug-likeness (QED) is 0.892. The zero-order valence-corrected chi connectivity index (χ0v) is 9.89. The van der Waals surface area contributed by atoms with E-state index in [-0.39, 0.29) is 0 Å². The molecule has 0 radical (unpaired) electrons. The molecule has 88 valence electrons. The Morgan fingerprint density at radius 1 is 1.44 bits per heavy atom. The Morgan fingerprint density at radius 2 is 2.06 bits per heavy atom. The third-order valence-electron chi connectivity index (χ3n) is 1.95. The summed E-state index contributed by atoms with van der Waals surface area (Å²) in [5.74, 6) is -1.93. The summed E-state index contributed by atoms with van der Waals surface area (Å²) in [6, 6.07) is 6.05. The van der Waals surface area contributed by atoms with E-state index in [1.807, 2.05) is 5.32 Å². The number of halogens is 4. The number of amides is 1. The van der Waals surface area contributed by atoms with Crippen molar-refractivity contribution in [2.45, 2.75) is 19.1 Å². The number of nitrogens with one attached hydrogen (secondary N) is 1. The summed E-state index contributed by atoms with van der Waals surface area (Å²) in [7, 11) is 0. The molecule has 1 amide bonds. The predicted octanol–water partition coefficient (Wildman–Crippen LogP) is 3.19. The first kappa shape index (κ1) is 13.0. The number of alkyl halides is 3. The summed E-state index contributed by atoms with van der Waals surface area (Å²) in [4.78, 5) is 10.7. The summed E-state index contributed by atoms with van der Waals surface area (Å²) in [5.41, 5.74) is 0.604. The molecule has 0 aliphatic heterocycles.